The lowest BCUT2D eigenvalue weighted by molar-refractivity contribution is 0.0699. The van der Waals surface area contributed by atoms with E-state index in [1.54, 1.807) is 85.3 Å². The zero-order valence-electron chi connectivity index (χ0n) is 29.2. The molecule has 0 unspecified atom stereocenters. The van der Waals surface area contributed by atoms with Crippen molar-refractivity contribution in [3.8, 4) is 34.0 Å². The van der Waals surface area contributed by atoms with Crippen molar-refractivity contribution < 1.29 is 32.3 Å². The lowest BCUT2D eigenvalue weighted by atomic mass is 10.1. The third-order valence-electron chi connectivity index (χ3n) is 7.79. The highest BCUT2D eigenvalue weighted by Crippen LogP contribution is 2.44. The first kappa shape index (κ1) is 37.7. The number of pyridine rings is 4. The van der Waals surface area contributed by atoms with Gasteiger partial charge >= 0.3 is 13.6 Å². The molecule has 4 aromatic carbocycles. The van der Waals surface area contributed by atoms with E-state index < -0.39 is 13.6 Å². The van der Waals surface area contributed by atoms with Crippen molar-refractivity contribution in [1.29, 1.82) is 0 Å². The summed E-state index contributed by atoms with van der Waals surface area (Å²) in [5, 5.41) is 10.6. The number of hydrogen-bond donors (Lipinski definition) is 2. The number of carboxylic acids is 1. The van der Waals surface area contributed by atoms with Crippen LogP contribution in [0, 0.1) is 11.6 Å². The Morgan fingerprint density at radius 2 is 1.07 bits per heavy atom. The second-order valence-electron chi connectivity index (χ2n) is 11.8. The van der Waals surface area contributed by atoms with Gasteiger partial charge in [0.25, 0.3) is 0 Å². The van der Waals surface area contributed by atoms with E-state index in [0.717, 1.165) is 22.2 Å². The number of halogens is 2. The van der Waals surface area contributed by atoms with Gasteiger partial charge in [-0.1, -0.05) is 36.4 Å². The van der Waals surface area contributed by atoms with Gasteiger partial charge in [0.2, 0.25) is 0 Å². The molecule has 4 aromatic heterocycles. The van der Waals surface area contributed by atoms with Gasteiger partial charge in [0.05, 0.1) is 34.6 Å². The highest BCUT2D eigenvalue weighted by Gasteiger charge is 2.20. The smallest absolute Gasteiger partial charge is 0.427 e. The average molecular weight is 756 g/mol. The number of para-hydroxylation sites is 2. The molecule has 0 saturated heterocycles. The Labute approximate surface area is 314 Å². The van der Waals surface area contributed by atoms with Gasteiger partial charge in [0, 0.05) is 52.4 Å². The third-order valence-corrected chi connectivity index (χ3v) is 8.88. The summed E-state index contributed by atoms with van der Waals surface area (Å²) in [7, 11) is -3.14. The molecule has 274 valence electrons. The van der Waals surface area contributed by atoms with Crippen LogP contribution in [0.4, 0.5) is 14.5 Å². The molecule has 0 bridgehead atoms. The van der Waals surface area contributed by atoms with E-state index >= 15 is 0 Å². The second kappa shape index (κ2) is 17.2. The number of hydrogen-bond acceptors (Lipinski definition) is 9. The molecule has 8 rings (SSSR count). The minimum absolute atomic E-state index is 0.127. The highest BCUT2D eigenvalue weighted by molar-refractivity contribution is 7.53. The minimum Gasteiger partial charge on any atom is -0.478 e. The largest absolute Gasteiger partial charge is 0.478 e. The lowest BCUT2D eigenvalue weighted by Crippen LogP contribution is -2.00. The van der Waals surface area contributed by atoms with E-state index in [9.17, 15) is 23.2 Å². The average Bonchev–Trinajstić information content (AvgIpc) is 3.19. The van der Waals surface area contributed by atoms with Crippen LogP contribution in [0.3, 0.4) is 0 Å². The van der Waals surface area contributed by atoms with E-state index in [1.807, 2.05) is 36.4 Å². The van der Waals surface area contributed by atoms with Crippen molar-refractivity contribution in [2.45, 2.75) is 0 Å². The van der Waals surface area contributed by atoms with E-state index in [0.29, 0.717) is 39.3 Å². The summed E-state index contributed by atoms with van der Waals surface area (Å²) < 4.78 is 48.6. The molecule has 0 atom stereocenters. The fourth-order valence-corrected chi connectivity index (χ4v) is 6.29. The molecule has 0 aliphatic heterocycles. The molecule has 0 spiro atoms. The van der Waals surface area contributed by atoms with Crippen LogP contribution < -0.4 is 14.8 Å². The number of fused-ring (bicyclic) bond motifs is 2. The van der Waals surface area contributed by atoms with Crippen molar-refractivity contribution in [2.24, 2.45) is 0 Å². The number of anilines is 1. The molecule has 0 aliphatic rings. The van der Waals surface area contributed by atoms with Crippen molar-refractivity contribution in [1.82, 2.24) is 19.9 Å². The molecule has 0 fully saturated rings. The molecule has 8 aromatic rings. The minimum atomic E-state index is -3.14. The SMILES string of the molecule is CP(=O)(Oc1ccccc1)Oc1ccccc1.Nc1cc(-c2ccc(F)cc2)nc2ccncc12.O=C(O)c1cc(-c2ccc(F)cc2)nc2ccncc12. The number of aromatic carboxylic acids is 1. The Kier molecular flexibility index (Phi) is 11.8. The van der Waals surface area contributed by atoms with Gasteiger partial charge in [0.15, 0.2) is 0 Å². The first-order valence-corrected chi connectivity index (χ1v) is 18.6. The number of nitrogens with two attached hydrogens (primary N) is 1. The molecule has 3 N–H and O–H groups in total. The number of benzene rings is 4. The van der Waals surface area contributed by atoms with Crippen LogP contribution in [0.5, 0.6) is 11.5 Å². The molecule has 0 aliphatic carbocycles. The molecule has 0 amide bonds. The van der Waals surface area contributed by atoms with E-state index in [4.69, 9.17) is 14.8 Å². The molecule has 55 heavy (non-hydrogen) atoms. The lowest BCUT2D eigenvalue weighted by Gasteiger charge is -2.15. The summed E-state index contributed by atoms with van der Waals surface area (Å²) in [4.78, 5) is 28.2. The highest BCUT2D eigenvalue weighted by atomic mass is 31.2. The van der Waals surface area contributed by atoms with Gasteiger partial charge in [-0.2, -0.15) is 0 Å². The zero-order valence-corrected chi connectivity index (χ0v) is 30.1. The van der Waals surface area contributed by atoms with Crippen LogP contribution in [0.25, 0.3) is 44.3 Å². The molecular formula is C42H32F2N5O5P. The molecule has 13 heteroatoms. The second-order valence-corrected chi connectivity index (χ2v) is 13.7. The Hall–Kier alpha value is -7.04. The topological polar surface area (TPSA) is 150 Å². The zero-order chi connectivity index (χ0) is 38.8. The van der Waals surface area contributed by atoms with Crippen molar-refractivity contribution in [3.05, 3.63) is 175 Å². The van der Waals surface area contributed by atoms with Crippen LogP contribution in [0.2, 0.25) is 0 Å². The van der Waals surface area contributed by atoms with Crippen LogP contribution >= 0.6 is 7.60 Å². The molecular weight excluding hydrogens is 723 g/mol. The number of rotatable bonds is 7. The van der Waals surface area contributed by atoms with Crippen LogP contribution in [-0.4, -0.2) is 37.7 Å². The Morgan fingerprint density at radius 3 is 1.55 bits per heavy atom. The number of aromatic nitrogens is 4. The molecule has 4 heterocycles. The normalized spacial score (nSPS) is 10.7. The van der Waals surface area contributed by atoms with Crippen LogP contribution in [-0.2, 0) is 4.57 Å². The molecule has 0 radical (unpaired) electrons. The monoisotopic (exact) mass is 755 g/mol. The van der Waals surface area contributed by atoms with Gasteiger partial charge < -0.3 is 19.9 Å². The van der Waals surface area contributed by atoms with Crippen molar-refractivity contribution >= 4 is 41.1 Å². The number of carboxylic acid groups (broad SMARTS) is 1. The summed E-state index contributed by atoms with van der Waals surface area (Å²) >= 11 is 0. The fourth-order valence-electron chi connectivity index (χ4n) is 5.24. The maximum Gasteiger partial charge on any atom is 0.427 e. The van der Waals surface area contributed by atoms with Gasteiger partial charge in [-0.05, 0) is 97.1 Å². The van der Waals surface area contributed by atoms with Gasteiger partial charge in [-0.3, -0.25) is 9.97 Å². The first-order valence-electron chi connectivity index (χ1n) is 16.6. The fraction of sp³-hybridized carbons (Fsp3) is 0.0238. The predicted octanol–water partition coefficient (Wildman–Crippen LogP) is 10.1. The van der Waals surface area contributed by atoms with Crippen molar-refractivity contribution in [2.75, 3.05) is 12.4 Å². The number of carbonyl (C=O) groups is 1. The summed E-state index contributed by atoms with van der Waals surface area (Å²) in [6.45, 7) is 1.45. The first-order chi connectivity index (χ1) is 26.5. The summed E-state index contributed by atoms with van der Waals surface area (Å²) in [5.74, 6) is -0.591. The molecule has 0 saturated carbocycles. The maximum absolute atomic E-state index is 12.9. The molecule has 10 nitrogen and oxygen atoms in total. The maximum atomic E-state index is 12.9. The quantitative estimate of drug-likeness (QED) is 0.150. The van der Waals surface area contributed by atoms with Gasteiger partial charge in [0.1, 0.15) is 23.1 Å². The summed E-state index contributed by atoms with van der Waals surface area (Å²) in [6.07, 6.45) is 6.38. The predicted molar refractivity (Wildman–Crippen MR) is 209 cm³/mol. The van der Waals surface area contributed by atoms with E-state index in [-0.39, 0.29) is 17.2 Å². The Morgan fingerprint density at radius 1 is 0.636 bits per heavy atom. The Bertz CT molecular complexity index is 2560. The summed E-state index contributed by atoms with van der Waals surface area (Å²) in [5.41, 5.74) is 10.7. The van der Waals surface area contributed by atoms with Gasteiger partial charge in [-0.15, -0.1) is 0 Å². The standard InChI is InChI=1S/C15H9FN2O2.C14H10FN3.C13H13O3P/c16-10-3-1-9(2-4-10)14-7-11(15(19)20)12-8-17-6-5-13(12)18-14;15-10-3-1-9(2-4-10)14-7-12(16)11-8-17-6-5-13(11)18-14;1-17(14,15-12-8-4-2-5-9-12)16-13-10-6-3-7-11-13/h1-8H,(H,19,20);1-8H,(H2,16,18);2-11H,1H3. The van der Waals surface area contributed by atoms with E-state index in [2.05, 4.69) is 19.9 Å². The van der Waals surface area contributed by atoms with Gasteiger partial charge in [-0.25, -0.2) is 28.1 Å². The third kappa shape index (κ3) is 10.1. The van der Waals surface area contributed by atoms with Crippen molar-refractivity contribution in [3.63, 3.8) is 0 Å². The van der Waals surface area contributed by atoms with Crippen LogP contribution in [0.15, 0.2) is 158 Å². The van der Waals surface area contributed by atoms with E-state index in [1.165, 1.54) is 43.2 Å². The number of nitrogens with zero attached hydrogens (tertiary/aromatic N) is 4. The Balaban J connectivity index is 0.000000141. The van der Waals surface area contributed by atoms with Crippen LogP contribution in [0.1, 0.15) is 10.4 Å². The summed E-state index contributed by atoms with van der Waals surface area (Å²) in [6, 6.07) is 36.6. The number of nitrogen functional groups attached to an aromatic ring is 1.